The van der Waals surface area contributed by atoms with Gasteiger partial charge in [-0.25, -0.2) is 20.0 Å². The minimum atomic E-state index is -0.662. The number of hydrogen-bond acceptors (Lipinski definition) is 5. The quantitative estimate of drug-likeness (QED) is 0.684. The monoisotopic (exact) mass is 259 g/mol. The van der Waals surface area contributed by atoms with Gasteiger partial charge in [-0.2, -0.15) is 0 Å². The Labute approximate surface area is 105 Å². The highest BCUT2D eigenvalue weighted by Gasteiger charge is 2.36. The zero-order chi connectivity index (χ0) is 13.7. The van der Waals surface area contributed by atoms with Crippen LogP contribution in [0.1, 0.15) is 13.8 Å². The molecule has 0 aliphatic carbocycles. The van der Waals surface area contributed by atoms with Crippen molar-refractivity contribution in [1.82, 2.24) is 15.8 Å². The van der Waals surface area contributed by atoms with Crippen LogP contribution in [0.2, 0.25) is 0 Å². The number of rotatable bonds is 4. The zero-order valence-electron chi connectivity index (χ0n) is 10.6. The van der Waals surface area contributed by atoms with Gasteiger partial charge in [0.2, 0.25) is 0 Å². The van der Waals surface area contributed by atoms with E-state index in [1.165, 1.54) is 7.11 Å². The predicted octanol–water partition coefficient (Wildman–Crippen LogP) is -0.150. The molecule has 0 radical (unpaired) electrons. The van der Waals surface area contributed by atoms with E-state index in [-0.39, 0.29) is 25.1 Å². The van der Waals surface area contributed by atoms with Gasteiger partial charge in [0.15, 0.2) is 0 Å². The first-order valence-corrected chi connectivity index (χ1v) is 5.53. The molecule has 0 spiro atoms. The number of methoxy groups -OCH3 is 1. The molecule has 102 valence electrons. The van der Waals surface area contributed by atoms with Crippen molar-refractivity contribution < 1.29 is 23.9 Å². The second kappa shape index (κ2) is 6.08. The Morgan fingerprint density at radius 1 is 1.56 bits per heavy atom. The average Bonchev–Trinajstić information content (AvgIpc) is 2.68. The third-order valence-corrected chi connectivity index (χ3v) is 2.52. The van der Waals surface area contributed by atoms with E-state index in [1.54, 1.807) is 0 Å². The lowest BCUT2D eigenvalue weighted by molar-refractivity contribution is -0.139. The van der Waals surface area contributed by atoms with E-state index < -0.39 is 18.1 Å². The van der Waals surface area contributed by atoms with E-state index in [0.29, 0.717) is 0 Å². The molecular formula is C10H17N3O5. The molecular weight excluding hydrogens is 242 g/mol. The Kier molecular flexibility index (Phi) is 4.75. The van der Waals surface area contributed by atoms with Crippen molar-refractivity contribution in [3.05, 3.63) is 0 Å². The molecule has 0 aromatic rings. The summed E-state index contributed by atoms with van der Waals surface area (Å²) in [6, 6.07) is -0.883. The van der Waals surface area contributed by atoms with Gasteiger partial charge in [0, 0.05) is 0 Å². The summed E-state index contributed by atoms with van der Waals surface area (Å²) < 4.78 is 9.20. The van der Waals surface area contributed by atoms with Crippen LogP contribution in [0.3, 0.4) is 0 Å². The Morgan fingerprint density at radius 3 is 2.78 bits per heavy atom. The third-order valence-electron chi connectivity index (χ3n) is 2.52. The van der Waals surface area contributed by atoms with Crippen molar-refractivity contribution >= 4 is 18.1 Å². The first kappa shape index (κ1) is 14.1. The molecule has 18 heavy (non-hydrogen) atoms. The summed E-state index contributed by atoms with van der Waals surface area (Å²) in [5, 5.41) is 3.39. The number of urea groups is 1. The van der Waals surface area contributed by atoms with Crippen LogP contribution in [0.4, 0.5) is 9.59 Å². The normalized spacial score (nSPS) is 18.6. The van der Waals surface area contributed by atoms with Gasteiger partial charge in [-0.05, 0) is 5.92 Å². The van der Waals surface area contributed by atoms with E-state index in [9.17, 15) is 14.4 Å². The second-order valence-electron chi connectivity index (χ2n) is 4.13. The molecule has 1 aliphatic heterocycles. The molecule has 3 amide bonds. The summed E-state index contributed by atoms with van der Waals surface area (Å²) in [6.45, 7) is 3.78. The standard InChI is InChI=1S/C10H17N3O5/c1-6(2)7-5-18-10(16)13(7)12-9(15)11-4-8(14)17-3/h6-7H,4-5H2,1-3H3,(H2,11,12,15)/t7-/m1/s1. The van der Waals surface area contributed by atoms with Gasteiger partial charge in [-0.1, -0.05) is 13.8 Å². The first-order chi connectivity index (χ1) is 8.45. The molecule has 0 saturated carbocycles. The van der Waals surface area contributed by atoms with Gasteiger partial charge in [0.1, 0.15) is 13.2 Å². The number of nitrogens with one attached hydrogen (secondary N) is 2. The molecule has 1 fully saturated rings. The molecule has 1 rings (SSSR count). The van der Waals surface area contributed by atoms with Gasteiger partial charge >= 0.3 is 18.1 Å². The van der Waals surface area contributed by atoms with Crippen LogP contribution < -0.4 is 10.7 Å². The number of hydrazine groups is 1. The molecule has 0 bridgehead atoms. The fourth-order valence-corrected chi connectivity index (χ4v) is 1.43. The fraction of sp³-hybridized carbons (Fsp3) is 0.700. The van der Waals surface area contributed by atoms with Gasteiger partial charge in [0.05, 0.1) is 13.2 Å². The van der Waals surface area contributed by atoms with E-state index in [2.05, 4.69) is 15.5 Å². The highest BCUT2D eigenvalue weighted by Crippen LogP contribution is 2.16. The molecule has 1 atom stereocenters. The Morgan fingerprint density at radius 2 is 2.22 bits per heavy atom. The van der Waals surface area contributed by atoms with Crippen LogP contribution in [-0.4, -0.2) is 49.4 Å². The highest BCUT2D eigenvalue weighted by molar-refractivity contribution is 5.82. The highest BCUT2D eigenvalue weighted by atomic mass is 16.6. The van der Waals surface area contributed by atoms with Crippen molar-refractivity contribution in [2.75, 3.05) is 20.3 Å². The molecule has 8 nitrogen and oxygen atoms in total. The Hall–Kier alpha value is -1.99. The van der Waals surface area contributed by atoms with Crippen LogP contribution in [0.5, 0.6) is 0 Å². The maximum absolute atomic E-state index is 11.5. The molecule has 8 heteroatoms. The second-order valence-corrected chi connectivity index (χ2v) is 4.13. The lowest BCUT2D eigenvalue weighted by atomic mass is 10.1. The fourth-order valence-electron chi connectivity index (χ4n) is 1.43. The van der Waals surface area contributed by atoms with Crippen molar-refractivity contribution in [3.63, 3.8) is 0 Å². The zero-order valence-corrected chi connectivity index (χ0v) is 10.6. The van der Waals surface area contributed by atoms with E-state index in [0.717, 1.165) is 5.01 Å². The minimum Gasteiger partial charge on any atom is -0.468 e. The predicted molar refractivity (Wildman–Crippen MR) is 60.4 cm³/mol. The topological polar surface area (TPSA) is 97.0 Å². The largest absolute Gasteiger partial charge is 0.468 e. The minimum absolute atomic E-state index is 0.136. The number of esters is 1. The smallest absolute Gasteiger partial charge is 0.429 e. The molecule has 1 aliphatic rings. The SMILES string of the molecule is COC(=O)CNC(=O)NN1C(=O)OC[C@@H]1C(C)C. The number of hydrogen-bond donors (Lipinski definition) is 2. The lowest BCUT2D eigenvalue weighted by Gasteiger charge is -2.24. The molecule has 0 aromatic heterocycles. The number of carbonyl (C=O) groups is 3. The number of cyclic esters (lactones) is 1. The van der Waals surface area contributed by atoms with Crippen molar-refractivity contribution in [2.45, 2.75) is 19.9 Å². The molecule has 2 N–H and O–H groups in total. The van der Waals surface area contributed by atoms with Crippen LogP contribution >= 0.6 is 0 Å². The summed E-state index contributed by atoms with van der Waals surface area (Å²) >= 11 is 0. The molecule has 1 saturated heterocycles. The maximum atomic E-state index is 11.5. The van der Waals surface area contributed by atoms with Crippen LogP contribution in [0.25, 0.3) is 0 Å². The lowest BCUT2D eigenvalue weighted by Crippen LogP contribution is -2.53. The molecule has 0 unspecified atom stereocenters. The summed E-state index contributed by atoms with van der Waals surface area (Å²) in [5.41, 5.74) is 2.34. The third kappa shape index (κ3) is 3.51. The van der Waals surface area contributed by atoms with E-state index >= 15 is 0 Å². The molecule has 1 heterocycles. The van der Waals surface area contributed by atoms with Gasteiger partial charge in [0.25, 0.3) is 0 Å². The maximum Gasteiger partial charge on any atom is 0.429 e. The number of amides is 3. The van der Waals surface area contributed by atoms with Gasteiger partial charge in [-0.15, -0.1) is 0 Å². The van der Waals surface area contributed by atoms with Crippen molar-refractivity contribution in [3.8, 4) is 0 Å². The summed E-state index contributed by atoms with van der Waals surface area (Å²) in [6.07, 6.45) is -0.609. The van der Waals surface area contributed by atoms with Gasteiger partial charge in [-0.3, -0.25) is 4.79 Å². The van der Waals surface area contributed by atoms with Crippen molar-refractivity contribution in [1.29, 1.82) is 0 Å². The van der Waals surface area contributed by atoms with Crippen LogP contribution in [0, 0.1) is 5.92 Å². The van der Waals surface area contributed by atoms with E-state index in [4.69, 9.17) is 4.74 Å². The summed E-state index contributed by atoms with van der Waals surface area (Å²) in [5.74, 6) is -0.438. The number of nitrogens with zero attached hydrogens (tertiary/aromatic N) is 1. The summed E-state index contributed by atoms with van der Waals surface area (Å²) in [4.78, 5) is 33.7. The number of carbonyl (C=O) groups excluding carboxylic acids is 3. The summed E-state index contributed by atoms with van der Waals surface area (Å²) in [7, 11) is 1.22. The van der Waals surface area contributed by atoms with Crippen LogP contribution in [-0.2, 0) is 14.3 Å². The van der Waals surface area contributed by atoms with Crippen LogP contribution in [0.15, 0.2) is 0 Å². The Balaban J connectivity index is 2.47. The Bertz CT molecular complexity index is 344. The number of ether oxygens (including phenoxy) is 2. The first-order valence-electron chi connectivity index (χ1n) is 5.53. The average molecular weight is 259 g/mol. The van der Waals surface area contributed by atoms with E-state index in [1.807, 2.05) is 13.8 Å². The van der Waals surface area contributed by atoms with Crippen molar-refractivity contribution in [2.24, 2.45) is 5.92 Å². The van der Waals surface area contributed by atoms with Gasteiger partial charge < -0.3 is 14.8 Å². The molecule has 0 aromatic carbocycles.